The summed E-state index contributed by atoms with van der Waals surface area (Å²) in [6.45, 7) is 6.67. The van der Waals surface area contributed by atoms with E-state index < -0.39 is 0 Å². The van der Waals surface area contributed by atoms with Gasteiger partial charge in [0.1, 0.15) is 0 Å². The van der Waals surface area contributed by atoms with Crippen molar-refractivity contribution in [3.05, 3.63) is 34.9 Å². The molecule has 1 aliphatic heterocycles. The minimum Gasteiger partial charge on any atom is -0.356 e. The molecule has 1 saturated carbocycles. The van der Waals surface area contributed by atoms with Crippen LogP contribution >= 0.6 is 11.6 Å². The van der Waals surface area contributed by atoms with Gasteiger partial charge in [0, 0.05) is 49.1 Å². The Labute approximate surface area is 173 Å². The Bertz CT molecular complexity index is 712. The maximum atomic E-state index is 12.6. The van der Waals surface area contributed by atoms with Crippen LogP contribution in [0.1, 0.15) is 51.5 Å². The summed E-state index contributed by atoms with van der Waals surface area (Å²) in [4.78, 5) is 19.0. The lowest BCUT2D eigenvalue weighted by molar-refractivity contribution is -0.134. The topological polar surface area (TPSA) is 56.7 Å². The third kappa shape index (κ3) is 4.99. The highest BCUT2D eigenvalue weighted by Gasteiger charge is 2.32. The Morgan fingerprint density at radius 3 is 2.64 bits per heavy atom. The lowest BCUT2D eigenvalue weighted by atomic mass is 9.84. The fourth-order valence-electron chi connectivity index (χ4n) is 4.31. The van der Waals surface area contributed by atoms with Crippen LogP contribution in [0.5, 0.6) is 0 Å². The standard InChI is InChI=1S/C22H33ClN4O/c1-22(2,18-10-6-7-11-19(18)23)15-25-21(24-3)26-17-12-13-27(14-17)20(28)16-8-4-5-9-16/h6-7,10-11,16-17H,4-5,8-9,12-15H2,1-3H3,(H2,24,25,26). The van der Waals surface area contributed by atoms with E-state index in [1.807, 2.05) is 23.1 Å². The van der Waals surface area contributed by atoms with Gasteiger partial charge in [0.15, 0.2) is 5.96 Å². The molecule has 0 spiro atoms. The Morgan fingerprint density at radius 2 is 1.96 bits per heavy atom. The van der Waals surface area contributed by atoms with Crippen LogP contribution in [0.2, 0.25) is 5.02 Å². The lowest BCUT2D eigenvalue weighted by Crippen LogP contribution is -2.48. The van der Waals surface area contributed by atoms with Crippen LogP contribution in [0.3, 0.4) is 0 Å². The molecule has 0 aromatic heterocycles. The van der Waals surface area contributed by atoms with Crippen molar-refractivity contribution >= 4 is 23.5 Å². The van der Waals surface area contributed by atoms with Gasteiger partial charge in [-0.15, -0.1) is 0 Å². The average molecular weight is 405 g/mol. The Balaban J connectivity index is 1.51. The first-order chi connectivity index (χ1) is 13.4. The normalized spacial score (nSPS) is 21.2. The zero-order valence-electron chi connectivity index (χ0n) is 17.3. The third-order valence-corrected chi connectivity index (χ3v) is 6.40. The molecule has 3 rings (SSSR count). The van der Waals surface area contributed by atoms with Crippen molar-refractivity contribution in [1.82, 2.24) is 15.5 Å². The van der Waals surface area contributed by atoms with Crippen molar-refractivity contribution in [1.29, 1.82) is 0 Å². The highest BCUT2D eigenvalue weighted by molar-refractivity contribution is 6.31. The molecule has 154 valence electrons. The maximum Gasteiger partial charge on any atom is 0.225 e. The van der Waals surface area contributed by atoms with Crippen LogP contribution in [0, 0.1) is 5.92 Å². The fraction of sp³-hybridized carbons (Fsp3) is 0.636. The Morgan fingerprint density at radius 1 is 1.25 bits per heavy atom. The van der Waals surface area contributed by atoms with Gasteiger partial charge < -0.3 is 15.5 Å². The smallest absolute Gasteiger partial charge is 0.225 e. The molecule has 2 N–H and O–H groups in total. The number of benzene rings is 1. The number of halogens is 1. The van der Waals surface area contributed by atoms with E-state index in [4.69, 9.17) is 11.6 Å². The van der Waals surface area contributed by atoms with E-state index in [0.29, 0.717) is 12.5 Å². The molecule has 1 amide bonds. The van der Waals surface area contributed by atoms with Crippen LogP contribution in [0.4, 0.5) is 0 Å². The summed E-state index contributed by atoms with van der Waals surface area (Å²) in [6.07, 6.45) is 5.49. The first kappa shape index (κ1) is 21.0. The number of rotatable bonds is 5. The van der Waals surface area contributed by atoms with E-state index in [1.165, 1.54) is 12.8 Å². The fourth-order valence-corrected chi connectivity index (χ4v) is 4.70. The summed E-state index contributed by atoms with van der Waals surface area (Å²) in [5, 5.41) is 7.72. The molecule has 1 aromatic carbocycles. The number of hydrogen-bond donors (Lipinski definition) is 2. The number of likely N-dealkylation sites (tertiary alicyclic amines) is 1. The van der Waals surface area contributed by atoms with E-state index >= 15 is 0 Å². The summed E-state index contributed by atoms with van der Waals surface area (Å²) >= 11 is 6.38. The lowest BCUT2D eigenvalue weighted by Gasteiger charge is -2.28. The number of aliphatic imine (C=N–C) groups is 1. The molecule has 2 aliphatic rings. The van der Waals surface area contributed by atoms with E-state index in [1.54, 1.807) is 7.05 Å². The van der Waals surface area contributed by atoms with Gasteiger partial charge in [-0.3, -0.25) is 9.79 Å². The van der Waals surface area contributed by atoms with Gasteiger partial charge in [-0.05, 0) is 30.9 Å². The van der Waals surface area contributed by atoms with Gasteiger partial charge in [-0.1, -0.05) is 56.5 Å². The summed E-state index contributed by atoms with van der Waals surface area (Å²) < 4.78 is 0. The zero-order chi connectivity index (χ0) is 20.1. The third-order valence-electron chi connectivity index (χ3n) is 6.07. The molecule has 1 atom stereocenters. The van der Waals surface area contributed by atoms with E-state index in [-0.39, 0.29) is 17.4 Å². The summed E-state index contributed by atoms with van der Waals surface area (Å²) in [6, 6.07) is 8.23. The average Bonchev–Trinajstić information content (AvgIpc) is 3.37. The molecule has 1 aliphatic carbocycles. The van der Waals surface area contributed by atoms with Crippen molar-refractivity contribution < 1.29 is 4.79 Å². The van der Waals surface area contributed by atoms with Crippen LogP contribution < -0.4 is 10.6 Å². The number of guanidine groups is 1. The van der Waals surface area contributed by atoms with Crippen molar-refractivity contribution in [3.8, 4) is 0 Å². The molecule has 0 radical (unpaired) electrons. The van der Waals surface area contributed by atoms with Crippen LogP contribution in [0.25, 0.3) is 0 Å². The van der Waals surface area contributed by atoms with Gasteiger partial charge >= 0.3 is 0 Å². The van der Waals surface area contributed by atoms with Crippen molar-refractivity contribution in [2.45, 2.75) is 57.4 Å². The Hall–Kier alpha value is -1.75. The van der Waals surface area contributed by atoms with Gasteiger partial charge in [-0.25, -0.2) is 0 Å². The van der Waals surface area contributed by atoms with E-state index in [9.17, 15) is 4.79 Å². The minimum atomic E-state index is -0.129. The summed E-state index contributed by atoms with van der Waals surface area (Å²) in [7, 11) is 1.79. The van der Waals surface area contributed by atoms with Gasteiger partial charge in [-0.2, -0.15) is 0 Å². The molecular formula is C22H33ClN4O. The largest absolute Gasteiger partial charge is 0.356 e. The molecule has 1 saturated heterocycles. The van der Waals surface area contributed by atoms with Crippen molar-refractivity contribution in [2.75, 3.05) is 26.7 Å². The zero-order valence-corrected chi connectivity index (χ0v) is 18.1. The Kier molecular flexibility index (Phi) is 6.86. The quantitative estimate of drug-likeness (QED) is 0.582. The van der Waals surface area contributed by atoms with Crippen molar-refractivity contribution in [2.24, 2.45) is 10.9 Å². The van der Waals surface area contributed by atoms with Gasteiger partial charge in [0.2, 0.25) is 5.91 Å². The second-order valence-corrected chi connectivity index (χ2v) is 9.09. The summed E-state index contributed by atoms with van der Waals surface area (Å²) in [5.74, 6) is 1.39. The molecular weight excluding hydrogens is 372 g/mol. The second-order valence-electron chi connectivity index (χ2n) is 8.69. The molecule has 0 bridgehead atoms. The number of carbonyl (C=O) groups is 1. The predicted octanol–water partition coefficient (Wildman–Crippen LogP) is 3.57. The number of carbonyl (C=O) groups excluding carboxylic acids is 1. The number of nitrogens with one attached hydrogen (secondary N) is 2. The predicted molar refractivity (Wildman–Crippen MR) is 116 cm³/mol. The maximum absolute atomic E-state index is 12.6. The molecule has 1 heterocycles. The molecule has 28 heavy (non-hydrogen) atoms. The van der Waals surface area contributed by atoms with Crippen LogP contribution in [-0.2, 0) is 10.2 Å². The highest BCUT2D eigenvalue weighted by Crippen LogP contribution is 2.29. The number of hydrogen-bond acceptors (Lipinski definition) is 2. The molecule has 1 unspecified atom stereocenters. The van der Waals surface area contributed by atoms with Gasteiger partial charge in [0.25, 0.3) is 0 Å². The van der Waals surface area contributed by atoms with E-state index in [0.717, 1.165) is 48.9 Å². The molecule has 5 nitrogen and oxygen atoms in total. The van der Waals surface area contributed by atoms with Crippen LogP contribution in [0.15, 0.2) is 29.3 Å². The number of nitrogens with zero attached hydrogens (tertiary/aromatic N) is 2. The molecule has 1 aromatic rings. The van der Waals surface area contributed by atoms with Crippen molar-refractivity contribution in [3.63, 3.8) is 0 Å². The van der Waals surface area contributed by atoms with Gasteiger partial charge in [0.05, 0.1) is 0 Å². The molecule has 6 heteroatoms. The number of amides is 1. The SMILES string of the molecule is CN=C(NCC(C)(C)c1ccccc1Cl)NC1CCN(C(=O)C2CCCC2)C1. The first-order valence-corrected chi connectivity index (χ1v) is 10.8. The minimum absolute atomic E-state index is 0.129. The van der Waals surface area contributed by atoms with Crippen LogP contribution in [-0.4, -0.2) is 49.5 Å². The highest BCUT2D eigenvalue weighted by atomic mass is 35.5. The molecule has 2 fully saturated rings. The van der Waals surface area contributed by atoms with E-state index in [2.05, 4.69) is 35.5 Å². The second kappa shape index (κ2) is 9.17. The summed E-state index contributed by atoms with van der Waals surface area (Å²) in [5.41, 5.74) is 0.990. The first-order valence-electron chi connectivity index (χ1n) is 10.4. The monoisotopic (exact) mass is 404 g/mol.